The number of anilines is 2. The molecule has 0 spiro atoms. The fraction of sp³-hybridized carbons (Fsp3) is 0.111. The SMILES string of the molecule is Cc1cc(-c2ccccc2NCCCNc2ccccc2-c2cc(C)cc(-c3cccc4ccccc34)c2OCc2ccccc2)c(OCc2ccccc2)c(-c2cccc3ccccc23)c1. The van der Waals surface area contributed by atoms with Crippen LogP contribution in [0, 0.1) is 13.8 Å². The summed E-state index contributed by atoms with van der Waals surface area (Å²) >= 11 is 0. The number of aryl methyl sites for hydroxylation is 2. The van der Waals surface area contributed by atoms with Crippen molar-refractivity contribution in [2.75, 3.05) is 23.7 Å². The van der Waals surface area contributed by atoms with Gasteiger partial charge in [0.05, 0.1) is 0 Å². The van der Waals surface area contributed by atoms with E-state index in [9.17, 15) is 0 Å². The number of hydrogen-bond acceptors (Lipinski definition) is 4. The summed E-state index contributed by atoms with van der Waals surface area (Å²) in [6.07, 6.45) is 0.890. The van der Waals surface area contributed by atoms with Crippen LogP contribution in [-0.2, 0) is 13.2 Å². The fourth-order valence-electron chi connectivity index (χ4n) is 9.32. The van der Waals surface area contributed by atoms with Gasteiger partial charge in [0.15, 0.2) is 0 Å². The minimum atomic E-state index is 0.463. The van der Waals surface area contributed by atoms with Gasteiger partial charge < -0.3 is 20.1 Å². The largest absolute Gasteiger partial charge is 0.488 e. The fourth-order valence-corrected chi connectivity index (χ4v) is 9.32. The first-order valence-electron chi connectivity index (χ1n) is 23.3. The predicted molar refractivity (Wildman–Crippen MR) is 282 cm³/mol. The molecule has 0 fully saturated rings. The minimum absolute atomic E-state index is 0.463. The van der Waals surface area contributed by atoms with Crippen molar-refractivity contribution in [3.05, 3.63) is 241 Å². The Morgan fingerprint density at radius 1 is 0.328 bits per heavy atom. The molecule has 328 valence electrons. The second kappa shape index (κ2) is 20.0. The molecule has 0 heterocycles. The molecule has 10 aromatic carbocycles. The smallest absolute Gasteiger partial charge is 0.135 e. The average molecular weight is 871 g/mol. The van der Waals surface area contributed by atoms with Crippen molar-refractivity contribution in [1.82, 2.24) is 0 Å². The van der Waals surface area contributed by atoms with Crippen molar-refractivity contribution in [2.24, 2.45) is 0 Å². The number of rotatable bonds is 16. The lowest BCUT2D eigenvalue weighted by Crippen LogP contribution is -2.10. The number of hydrogen-bond donors (Lipinski definition) is 2. The Morgan fingerprint density at radius 3 is 1.12 bits per heavy atom. The molecule has 0 aliphatic carbocycles. The van der Waals surface area contributed by atoms with Gasteiger partial charge in [-0.1, -0.05) is 182 Å². The van der Waals surface area contributed by atoms with Crippen molar-refractivity contribution in [1.29, 1.82) is 0 Å². The summed E-state index contributed by atoms with van der Waals surface area (Å²) in [4.78, 5) is 0. The highest BCUT2D eigenvalue weighted by Gasteiger charge is 2.21. The lowest BCUT2D eigenvalue weighted by Gasteiger charge is -2.21. The van der Waals surface area contributed by atoms with E-state index < -0.39 is 0 Å². The maximum Gasteiger partial charge on any atom is 0.135 e. The Hall–Kier alpha value is -8.08. The van der Waals surface area contributed by atoms with Gasteiger partial charge in [-0.05, 0) is 112 Å². The van der Waals surface area contributed by atoms with Crippen molar-refractivity contribution in [2.45, 2.75) is 33.5 Å². The molecule has 4 heteroatoms. The van der Waals surface area contributed by atoms with Crippen LogP contribution in [0.5, 0.6) is 11.5 Å². The normalized spacial score (nSPS) is 11.1. The third-order valence-electron chi connectivity index (χ3n) is 12.5. The lowest BCUT2D eigenvalue weighted by molar-refractivity contribution is 0.309. The molecule has 0 unspecified atom stereocenters. The second-order valence-electron chi connectivity index (χ2n) is 17.3. The molecule has 0 amide bonds. The van der Waals surface area contributed by atoms with Crippen molar-refractivity contribution in [3.8, 4) is 56.0 Å². The van der Waals surface area contributed by atoms with Crippen LogP contribution in [0.4, 0.5) is 11.4 Å². The molecule has 4 nitrogen and oxygen atoms in total. The average Bonchev–Trinajstić information content (AvgIpc) is 3.38. The Balaban J connectivity index is 0.927. The summed E-state index contributed by atoms with van der Waals surface area (Å²) in [6.45, 7) is 6.83. The Kier molecular flexibility index (Phi) is 12.8. The third-order valence-corrected chi connectivity index (χ3v) is 12.5. The molecule has 0 aliphatic rings. The van der Waals surface area contributed by atoms with Gasteiger partial charge in [-0.3, -0.25) is 0 Å². The van der Waals surface area contributed by atoms with Crippen LogP contribution in [0.25, 0.3) is 66.1 Å². The topological polar surface area (TPSA) is 42.5 Å². The maximum absolute atomic E-state index is 6.92. The number of nitrogens with one attached hydrogen (secondary N) is 2. The molecule has 0 aliphatic heterocycles. The highest BCUT2D eigenvalue weighted by Crippen LogP contribution is 2.46. The first-order valence-corrected chi connectivity index (χ1v) is 23.3. The van der Waals surface area contributed by atoms with Crippen LogP contribution in [0.1, 0.15) is 28.7 Å². The Morgan fingerprint density at radius 2 is 0.672 bits per heavy atom. The molecule has 0 radical (unpaired) electrons. The number of fused-ring (bicyclic) bond motifs is 2. The van der Waals surface area contributed by atoms with Crippen LogP contribution in [0.15, 0.2) is 218 Å². The summed E-state index contributed by atoms with van der Waals surface area (Å²) in [5, 5.41) is 12.5. The zero-order chi connectivity index (χ0) is 45.4. The molecule has 0 saturated heterocycles. The van der Waals surface area contributed by atoms with Crippen molar-refractivity contribution in [3.63, 3.8) is 0 Å². The van der Waals surface area contributed by atoms with Gasteiger partial charge in [0.1, 0.15) is 24.7 Å². The van der Waals surface area contributed by atoms with Crippen LogP contribution in [-0.4, -0.2) is 13.1 Å². The highest BCUT2D eigenvalue weighted by atomic mass is 16.5. The predicted octanol–water partition coefficient (Wildman–Crippen LogP) is 16.3. The molecular weight excluding hydrogens is 817 g/mol. The lowest BCUT2D eigenvalue weighted by atomic mass is 9.91. The monoisotopic (exact) mass is 870 g/mol. The van der Waals surface area contributed by atoms with E-state index in [4.69, 9.17) is 9.47 Å². The zero-order valence-corrected chi connectivity index (χ0v) is 38.1. The van der Waals surface area contributed by atoms with Crippen molar-refractivity contribution >= 4 is 32.9 Å². The van der Waals surface area contributed by atoms with E-state index in [0.717, 1.165) is 98.0 Å². The van der Waals surface area contributed by atoms with Crippen LogP contribution in [0.2, 0.25) is 0 Å². The summed E-state index contributed by atoms with van der Waals surface area (Å²) in [6, 6.07) is 77.4. The minimum Gasteiger partial charge on any atom is -0.488 e. The number of ether oxygens (including phenoxy) is 2. The first kappa shape index (κ1) is 42.8. The molecule has 0 bridgehead atoms. The molecule has 0 atom stereocenters. The van der Waals surface area contributed by atoms with Gasteiger partial charge in [0.2, 0.25) is 0 Å². The molecule has 0 aromatic heterocycles. The highest BCUT2D eigenvalue weighted by molar-refractivity contribution is 6.02. The van der Waals surface area contributed by atoms with Gasteiger partial charge in [0, 0.05) is 57.8 Å². The first-order chi connectivity index (χ1) is 33.1. The van der Waals surface area contributed by atoms with E-state index in [0.29, 0.717) is 13.2 Å². The molecule has 67 heavy (non-hydrogen) atoms. The summed E-state index contributed by atoms with van der Waals surface area (Å²) in [5.74, 6) is 1.76. The standard InChI is InChI=1S/C63H54N2O2/c1-44-38-56(52-32-17-26-48-24-9-11-28-50(48)52)62(66-42-46-20-5-3-6-21-46)58(40-44)54-30-13-15-34-60(54)64-36-19-37-65-61-35-16-14-31-55(61)59-41-45(2)39-57(63(59)67-43-47-22-7-4-8-23-47)53-33-18-27-49-25-10-12-29-51(49)53/h3-18,20-35,38-41,64-65H,19,36-37,42-43H2,1-2H3. The van der Waals surface area contributed by atoms with Crippen LogP contribution in [0.3, 0.4) is 0 Å². The van der Waals surface area contributed by atoms with Crippen LogP contribution < -0.4 is 20.1 Å². The van der Waals surface area contributed by atoms with E-state index in [1.165, 1.54) is 32.7 Å². The van der Waals surface area contributed by atoms with Gasteiger partial charge in [-0.2, -0.15) is 0 Å². The summed E-state index contributed by atoms with van der Waals surface area (Å²) < 4.78 is 13.8. The van der Waals surface area contributed by atoms with Gasteiger partial charge in [-0.15, -0.1) is 0 Å². The van der Waals surface area contributed by atoms with E-state index in [1.807, 2.05) is 12.1 Å². The van der Waals surface area contributed by atoms with Gasteiger partial charge in [0.25, 0.3) is 0 Å². The van der Waals surface area contributed by atoms with E-state index in [-0.39, 0.29) is 0 Å². The second-order valence-corrected chi connectivity index (χ2v) is 17.3. The zero-order valence-electron chi connectivity index (χ0n) is 38.1. The van der Waals surface area contributed by atoms with Crippen LogP contribution >= 0.6 is 0 Å². The molecule has 0 saturated carbocycles. The third kappa shape index (κ3) is 9.52. The van der Waals surface area contributed by atoms with E-state index in [2.05, 4.69) is 231 Å². The molecule has 10 rings (SSSR count). The van der Waals surface area contributed by atoms with Crippen molar-refractivity contribution < 1.29 is 9.47 Å². The molecular formula is C63H54N2O2. The quantitative estimate of drug-likeness (QED) is 0.0950. The van der Waals surface area contributed by atoms with E-state index >= 15 is 0 Å². The Bertz CT molecular complexity index is 3070. The molecule has 2 N–H and O–H groups in total. The van der Waals surface area contributed by atoms with Gasteiger partial charge in [-0.25, -0.2) is 0 Å². The maximum atomic E-state index is 6.92. The number of benzene rings is 10. The summed E-state index contributed by atoms with van der Waals surface area (Å²) in [7, 11) is 0. The Labute approximate surface area is 394 Å². The van der Waals surface area contributed by atoms with E-state index in [1.54, 1.807) is 0 Å². The summed E-state index contributed by atoms with van der Waals surface area (Å²) in [5.41, 5.74) is 15.6. The number of para-hydroxylation sites is 2. The van der Waals surface area contributed by atoms with Gasteiger partial charge >= 0.3 is 0 Å². The molecule has 10 aromatic rings.